The Morgan fingerprint density at radius 2 is 1.90 bits per heavy atom. The van der Waals surface area contributed by atoms with E-state index in [1.165, 1.54) is 18.5 Å². The number of hydrogen-bond acceptors (Lipinski definition) is 4. The molecule has 0 atom stereocenters. The molecule has 0 aliphatic carbocycles. The van der Waals surface area contributed by atoms with Crippen LogP contribution in [-0.2, 0) is 6.42 Å². The average Bonchev–Trinajstić information content (AvgIpc) is 2.73. The zero-order valence-electron chi connectivity index (χ0n) is 15.5. The third kappa shape index (κ3) is 5.54. The summed E-state index contributed by atoms with van der Waals surface area (Å²) in [5.74, 6) is -0.568. The van der Waals surface area contributed by atoms with E-state index in [2.05, 4.69) is 15.3 Å². The lowest BCUT2D eigenvalue weighted by Gasteiger charge is -2.14. The van der Waals surface area contributed by atoms with E-state index in [0.29, 0.717) is 22.4 Å². The maximum atomic E-state index is 12.6. The van der Waals surface area contributed by atoms with E-state index in [1.54, 1.807) is 30.5 Å². The van der Waals surface area contributed by atoms with Gasteiger partial charge in [0, 0.05) is 18.0 Å². The quantitative estimate of drug-likeness (QED) is 0.638. The maximum Gasteiger partial charge on any atom is 0.422 e. The van der Waals surface area contributed by atoms with Gasteiger partial charge in [0.15, 0.2) is 6.61 Å². The number of carbonyl (C=O) groups excluding carboxylic acids is 1. The van der Waals surface area contributed by atoms with E-state index in [1.807, 2.05) is 19.1 Å². The Morgan fingerprint density at radius 1 is 1.14 bits per heavy atom. The van der Waals surface area contributed by atoms with Crippen LogP contribution in [0, 0.1) is 0 Å². The number of rotatable bonds is 6. The molecule has 3 rings (SSSR count). The fraction of sp³-hybridized carbons (Fsp3) is 0.190. The van der Waals surface area contributed by atoms with Gasteiger partial charge in [0.25, 0.3) is 5.91 Å². The molecule has 0 saturated heterocycles. The van der Waals surface area contributed by atoms with Crippen molar-refractivity contribution in [2.45, 2.75) is 19.5 Å². The second kappa shape index (κ2) is 8.72. The first-order chi connectivity index (χ1) is 13.9. The number of hydrogen-bond donors (Lipinski definition) is 1. The normalized spacial score (nSPS) is 11.2. The maximum absolute atomic E-state index is 12.6. The Labute approximate surface area is 165 Å². The van der Waals surface area contributed by atoms with E-state index in [-0.39, 0.29) is 5.88 Å². The van der Waals surface area contributed by atoms with Gasteiger partial charge in [-0.15, -0.1) is 0 Å². The number of ether oxygens (including phenoxy) is 1. The summed E-state index contributed by atoms with van der Waals surface area (Å²) in [7, 11) is 0. The Kier molecular flexibility index (Phi) is 6.11. The number of benzene rings is 1. The van der Waals surface area contributed by atoms with Gasteiger partial charge < -0.3 is 10.1 Å². The fourth-order valence-corrected chi connectivity index (χ4v) is 2.61. The van der Waals surface area contributed by atoms with Gasteiger partial charge in [0.2, 0.25) is 5.88 Å². The van der Waals surface area contributed by atoms with Crippen LogP contribution in [0.5, 0.6) is 5.88 Å². The number of pyridine rings is 2. The average molecular weight is 401 g/mol. The van der Waals surface area contributed by atoms with Crippen molar-refractivity contribution in [1.82, 2.24) is 9.97 Å². The summed E-state index contributed by atoms with van der Waals surface area (Å²) < 4.78 is 42.7. The Bertz CT molecular complexity index is 975. The molecule has 0 saturated carbocycles. The van der Waals surface area contributed by atoms with Crippen molar-refractivity contribution in [2.75, 3.05) is 11.9 Å². The van der Waals surface area contributed by atoms with Crippen LogP contribution in [0.15, 0.2) is 61.1 Å². The molecule has 2 aromatic heterocycles. The molecule has 3 aromatic rings. The predicted octanol–water partition coefficient (Wildman–Crippen LogP) is 4.90. The Morgan fingerprint density at radius 3 is 2.52 bits per heavy atom. The fourth-order valence-electron chi connectivity index (χ4n) is 2.61. The molecule has 2 heterocycles. The number of nitrogens with one attached hydrogen (secondary N) is 1. The van der Waals surface area contributed by atoms with Crippen molar-refractivity contribution >= 4 is 11.6 Å². The molecule has 0 fully saturated rings. The van der Waals surface area contributed by atoms with Crippen LogP contribution in [0.25, 0.3) is 11.1 Å². The molecule has 1 aromatic carbocycles. The van der Waals surface area contributed by atoms with Gasteiger partial charge in [0.05, 0.1) is 17.4 Å². The minimum atomic E-state index is -4.49. The lowest BCUT2D eigenvalue weighted by atomic mass is 10.0. The molecular weight excluding hydrogens is 383 g/mol. The highest BCUT2D eigenvalue weighted by atomic mass is 19.4. The van der Waals surface area contributed by atoms with Crippen molar-refractivity contribution in [3.63, 3.8) is 0 Å². The van der Waals surface area contributed by atoms with Crippen LogP contribution >= 0.6 is 0 Å². The monoisotopic (exact) mass is 401 g/mol. The van der Waals surface area contributed by atoms with Crippen molar-refractivity contribution < 1.29 is 22.7 Å². The molecule has 0 aliphatic rings. The second-order valence-corrected chi connectivity index (χ2v) is 6.23. The number of nitrogens with zero attached hydrogens (tertiary/aromatic N) is 2. The molecule has 150 valence electrons. The van der Waals surface area contributed by atoms with Crippen LogP contribution in [0.4, 0.5) is 18.9 Å². The molecule has 8 heteroatoms. The second-order valence-electron chi connectivity index (χ2n) is 6.23. The zero-order valence-corrected chi connectivity index (χ0v) is 15.5. The molecule has 1 N–H and O–H groups in total. The van der Waals surface area contributed by atoms with Gasteiger partial charge in [-0.25, -0.2) is 4.98 Å². The van der Waals surface area contributed by atoms with E-state index < -0.39 is 18.7 Å². The third-order valence-corrected chi connectivity index (χ3v) is 4.08. The van der Waals surface area contributed by atoms with Crippen LogP contribution in [0.1, 0.15) is 22.8 Å². The van der Waals surface area contributed by atoms with Crippen molar-refractivity contribution in [1.29, 1.82) is 0 Å². The van der Waals surface area contributed by atoms with Gasteiger partial charge in [-0.1, -0.05) is 31.2 Å². The molecule has 0 aliphatic heterocycles. The minimum absolute atomic E-state index is 0.161. The third-order valence-electron chi connectivity index (χ3n) is 4.08. The number of aromatic nitrogens is 2. The number of alkyl halides is 3. The summed E-state index contributed by atoms with van der Waals surface area (Å²) in [4.78, 5) is 20.2. The largest absolute Gasteiger partial charge is 0.468 e. The number of carbonyl (C=O) groups is 1. The summed E-state index contributed by atoms with van der Waals surface area (Å²) in [6.07, 6.45) is 0.552. The van der Waals surface area contributed by atoms with Crippen LogP contribution < -0.4 is 10.1 Å². The highest BCUT2D eigenvalue weighted by Crippen LogP contribution is 2.32. The van der Waals surface area contributed by atoms with Gasteiger partial charge in [0.1, 0.15) is 0 Å². The molecule has 0 spiro atoms. The lowest BCUT2D eigenvalue weighted by molar-refractivity contribution is -0.154. The number of amides is 1. The lowest BCUT2D eigenvalue weighted by Crippen LogP contribution is -2.20. The van der Waals surface area contributed by atoms with Crippen LogP contribution in [-0.4, -0.2) is 28.7 Å². The molecule has 0 unspecified atom stereocenters. The van der Waals surface area contributed by atoms with Crippen molar-refractivity contribution in [3.05, 3.63) is 72.2 Å². The van der Waals surface area contributed by atoms with Crippen LogP contribution in [0.3, 0.4) is 0 Å². The molecular formula is C21H18F3N3O2. The van der Waals surface area contributed by atoms with Gasteiger partial charge in [-0.3, -0.25) is 9.78 Å². The molecule has 1 amide bonds. The van der Waals surface area contributed by atoms with E-state index in [0.717, 1.165) is 12.0 Å². The Hall–Kier alpha value is -3.42. The molecule has 5 nitrogen and oxygen atoms in total. The van der Waals surface area contributed by atoms with Crippen LogP contribution in [0.2, 0.25) is 0 Å². The zero-order chi connectivity index (χ0) is 20.9. The molecule has 29 heavy (non-hydrogen) atoms. The minimum Gasteiger partial charge on any atom is -0.468 e. The predicted molar refractivity (Wildman–Crippen MR) is 103 cm³/mol. The summed E-state index contributed by atoms with van der Waals surface area (Å²) in [6, 6.07) is 12.1. The van der Waals surface area contributed by atoms with Gasteiger partial charge in [-0.05, 0) is 35.7 Å². The Balaban J connectivity index is 1.92. The number of halogens is 3. The van der Waals surface area contributed by atoms with E-state index in [4.69, 9.17) is 4.74 Å². The van der Waals surface area contributed by atoms with Gasteiger partial charge in [-0.2, -0.15) is 13.2 Å². The van der Waals surface area contributed by atoms with Crippen molar-refractivity contribution in [2.24, 2.45) is 0 Å². The summed E-state index contributed by atoms with van der Waals surface area (Å²) >= 11 is 0. The molecule has 0 bridgehead atoms. The highest BCUT2D eigenvalue weighted by Gasteiger charge is 2.29. The first-order valence-electron chi connectivity index (χ1n) is 8.86. The molecule has 0 radical (unpaired) electrons. The first kappa shape index (κ1) is 20.3. The highest BCUT2D eigenvalue weighted by molar-refractivity contribution is 6.04. The summed E-state index contributed by atoms with van der Waals surface area (Å²) in [5, 5.41) is 2.67. The smallest absolute Gasteiger partial charge is 0.422 e. The summed E-state index contributed by atoms with van der Waals surface area (Å²) in [5.41, 5.74) is 2.73. The topological polar surface area (TPSA) is 64.1 Å². The SMILES string of the molecule is CCc1ccc(-c2cc(NC(=O)c3cccnc3)cnc2OCC(F)(F)F)cc1. The first-order valence-corrected chi connectivity index (χ1v) is 8.86. The summed E-state index contributed by atoms with van der Waals surface area (Å²) in [6.45, 7) is 0.546. The standard InChI is InChI=1S/C21H18F3N3O2/c1-2-14-5-7-15(8-6-14)18-10-17(12-26-20(18)29-13-21(22,23)24)27-19(28)16-4-3-9-25-11-16/h3-12H,2,13H2,1H3,(H,27,28). The number of aryl methyl sites for hydroxylation is 1. The van der Waals surface area contributed by atoms with Crippen molar-refractivity contribution in [3.8, 4) is 17.0 Å². The van der Waals surface area contributed by atoms with E-state index >= 15 is 0 Å². The van der Waals surface area contributed by atoms with E-state index in [9.17, 15) is 18.0 Å². The number of anilines is 1. The van der Waals surface area contributed by atoms with Gasteiger partial charge >= 0.3 is 6.18 Å².